The van der Waals surface area contributed by atoms with Gasteiger partial charge in [0, 0.05) is 5.70 Å². The van der Waals surface area contributed by atoms with Gasteiger partial charge in [0.25, 0.3) is 0 Å². The van der Waals surface area contributed by atoms with Crippen molar-refractivity contribution in [1.29, 1.82) is 0 Å². The van der Waals surface area contributed by atoms with Crippen LogP contribution in [0.15, 0.2) is 35.6 Å². The minimum Gasteiger partial charge on any atom is -0.399 e. The van der Waals surface area contributed by atoms with Crippen LogP contribution in [0.1, 0.15) is 40.5 Å². The number of hydrogen-bond donors (Lipinski definition) is 1. The van der Waals surface area contributed by atoms with E-state index in [0.717, 1.165) is 11.6 Å². The van der Waals surface area contributed by atoms with Crippen LogP contribution in [0.3, 0.4) is 0 Å². The van der Waals surface area contributed by atoms with Gasteiger partial charge in [0.2, 0.25) is 0 Å². The molecule has 0 aromatic carbocycles. The van der Waals surface area contributed by atoms with E-state index in [1.165, 1.54) is 18.4 Å². The summed E-state index contributed by atoms with van der Waals surface area (Å²) in [4.78, 5) is 0. The molecule has 0 saturated heterocycles. The van der Waals surface area contributed by atoms with Crippen molar-refractivity contribution in [3.63, 3.8) is 0 Å². The Kier molecular flexibility index (Phi) is 3.78. The van der Waals surface area contributed by atoms with Crippen LogP contribution >= 0.6 is 0 Å². The lowest BCUT2D eigenvalue weighted by atomic mass is 9.91. The molecule has 1 saturated carbocycles. The number of rotatable bonds is 2. The number of nitrogens with two attached hydrogens (primary N) is 1. The predicted octanol–water partition coefficient (Wildman–Crippen LogP) is 3.79. The van der Waals surface area contributed by atoms with E-state index in [1.54, 1.807) is 0 Å². The zero-order valence-corrected chi connectivity index (χ0v) is 10.4. The summed E-state index contributed by atoms with van der Waals surface area (Å²) < 4.78 is 0. The Bertz CT molecular complexity index is 309. The molecule has 2 aliphatic rings. The van der Waals surface area contributed by atoms with Gasteiger partial charge in [-0.25, -0.2) is 0 Å². The van der Waals surface area contributed by atoms with Gasteiger partial charge in [-0.3, -0.25) is 0 Å². The van der Waals surface area contributed by atoms with Gasteiger partial charge in [0.1, 0.15) is 0 Å². The molecule has 2 N–H and O–H groups in total. The Morgan fingerprint density at radius 2 is 2.20 bits per heavy atom. The van der Waals surface area contributed by atoms with Crippen LogP contribution in [0.25, 0.3) is 0 Å². The van der Waals surface area contributed by atoms with Crippen LogP contribution in [-0.4, -0.2) is 0 Å². The van der Waals surface area contributed by atoms with Crippen molar-refractivity contribution in [3.05, 3.63) is 35.6 Å². The minimum absolute atomic E-state index is 0.470. The summed E-state index contributed by atoms with van der Waals surface area (Å²) in [6, 6.07) is 0. The molecule has 15 heavy (non-hydrogen) atoms. The highest BCUT2D eigenvalue weighted by atomic mass is 14.6. The molecule has 0 aromatic heterocycles. The molecular weight excluding hydrogens is 182 g/mol. The fourth-order valence-corrected chi connectivity index (χ4v) is 2.28. The van der Waals surface area contributed by atoms with Crippen molar-refractivity contribution in [3.8, 4) is 0 Å². The molecule has 2 aliphatic carbocycles. The van der Waals surface area contributed by atoms with E-state index in [2.05, 4.69) is 31.2 Å². The van der Waals surface area contributed by atoms with Gasteiger partial charge in [0.15, 0.2) is 0 Å². The van der Waals surface area contributed by atoms with E-state index in [9.17, 15) is 0 Å². The first kappa shape index (κ1) is 12.1. The smallest absolute Gasteiger partial charge is 0.0347 e. The first-order chi connectivity index (χ1) is 7.22. The molecule has 1 heteroatoms. The third kappa shape index (κ3) is 2.17. The van der Waals surface area contributed by atoms with Crippen LogP contribution in [-0.2, 0) is 0 Å². The lowest BCUT2D eigenvalue weighted by Crippen LogP contribution is -2.10. The van der Waals surface area contributed by atoms with Gasteiger partial charge in [-0.05, 0) is 36.7 Å². The van der Waals surface area contributed by atoms with Crippen molar-refractivity contribution in [2.24, 2.45) is 17.1 Å². The molecule has 1 fully saturated rings. The molecule has 1 nitrogen and oxygen atoms in total. The van der Waals surface area contributed by atoms with Gasteiger partial charge in [-0.15, -0.1) is 0 Å². The standard InChI is InChI=1S/C12H17N.C2H6/c1-3-5-9-7-12(4-2)8-10(12)6-11(9)13;1-2/h3,5-7,10H,4,8,13H2,1-2H3;1-2H3/b5-3-;. The normalized spacial score (nSPS) is 32.4. The van der Waals surface area contributed by atoms with Gasteiger partial charge >= 0.3 is 0 Å². The van der Waals surface area contributed by atoms with Gasteiger partial charge in [-0.2, -0.15) is 0 Å². The van der Waals surface area contributed by atoms with Gasteiger partial charge < -0.3 is 5.73 Å². The van der Waals surface area contributed by atoms with Crippen molar-refractivity contribution < 1.29 is 0 Å². The fraction of sp³-hybridized carbons (Fsp3) is 0.571. The second kappa shape index (κ2) is 4.69. The average molecular weight is 205 g/mol. The minimum atomic E-state index is 0.470. The third-order valence-corrected chi connectivity index (χ3v) is 3.34. The lowest BCUT2D eigenvalue weighted by molar-refractivity contribution is 0.579. The molecule has 0 bridgehead atoms. The highest BCUT2D eigenvalue weighted by molar-refractivity contribution is 5.46. The van der Waals surface area contributed by atoms with Crippen LogP contribution in [0.2, 0.25) is 0 Å². The highest BCUT2D eigenvalue weighted by Gasteiger charge is 2.51. The Balaban J connectivity index is 0.000000531. The van der Waals surface area contributed by atoms with E-state index in [4.69, 9.17) is 5.73 Å². The van der Waals surface area contributed by atoms with Crippen molar-refractivity contribution in [2.45, 2.75) is 40.5 Å². The molecule has 0 aromatic rings. The molecule has 0 radical (unpaired) electrons. The first-order valence-corrected chi connectivity index (χ1v) is 6.05. The second-order valence-electron chi connectivity index (χ2n) is 4.12. The molecule has 0 aliphatic heterocycles. The molecule has 2 unspecified atom stereocenters. The lowest BCUT2D eigenvalue weighted by Gasteiger charge is -2.16. The summed E-state index contributed by atoms with van der Waals surface area (Å²) in [5.41, 5.74) is 8.59. The van der Waals surface area contributed by atoms with Crippen LogP contribution in [0.4, 0.5) is 0 Å². The van der Waals surface area contributed by atoms with Crippen LogP contribution in [0, 0.1) is 11.3 Å². The summed E-state index contributed by atoms with van der Waals surface area (Å²) in [7, 11) is 0. The second-order valence-corrected chi connectivity index (χ2v) is 4.12. The Morgan fingerprint density at radius 3 is 2.73 bits per heavy atom. The summed E-state index contributed by atoms with van der Waals surface area (Å²) in [5.74, 6) is 0.728. The fourth-order valence-electron chi connectivity index (χ4n) is 2.28. The monoisotopic (exact) mass is 205 g/mol. The van der Waals surface area contributed by atoms with Crippen LogP contribution < -0.4 is 5.73 Å². The molecule has 2 rings (SSSR count). The predicted molar refractivity (Wildman–Crippen MR) is 67.3 cm³/mol. The Labute approximate surface area is 93.7 Å². The average Bonchev–Trinajstić information content (AvgIpc) is 2.96. The summed E-state index contributed by atoms with van der Waals surface area (Å²) in [5, 5.41) is 0. The molecule has 0 heterocycles. The van der Waals surface area contributed by atoms with Crippen molar-refractivity contribution in [2.75, 3.05) is 0 Å². The summed E-state index contributed by atoms with van der Waals surface area (Å²) >= 11 is 0. The summed E-state index contributed by atoms with van der Waals surface area (Å²) in [6.45, 7) is 8.30. The number of hydrogen-bond acceptors (Lipinski definition) is 1. The Hall–Kier alpha value is -0.980. The maximum Gasteiger partial charge on any atom is 0.0347 e. The number of fused-ring (bicyclic) bond motifs is 1. The van der Waals surface area contributed by atoms with E-state index in [0.29, 0.717) is 5.41 Å². The topological polar surface area (TPSA) is 26.0 Å². The maximum absolute atomic E-state index is 5.94. The van der Waals surface area contributed by atoms with Gasteiger partial charge in [-0.1, -0.05) is 45.1 Å². The van der Waals surface area contributed by atoms with Crippen molar-refractivity contribution >= 4 is 0 Å². The third-order valence-electron chi connectivity index (χ3n) is 3.34. The largest absolute Gasteiger partial charge is 0.399 e. The SMILES string of the molecule is C/C=C\C1=CC2(CC)CC2C=C1N.CC. The van der Waals surface area contributed by atoms with Gasteiger partial charge in [0.05, 0.1) is 0 Å². The molecule has 0 spiro atoms. The van der Waals surface area contributed by atoms with E-state index < -0.39 is 0 Å². The van der Waals surface area contributed by atoms with E-state index >= 15 is 0 Å². The number of allylic oxidation sites excluding steroid dienone is 4. The quantitative estimate of drug-likeness (QED) is 0.729. The van der Waals surface area contributed by atoms with Crippen LogP contribution in [0.5, 0.6) is 0 Å². The zero-order valence-electron chi connectivity index (χ0n) is 10.4. The molecule has 84 valence electrons. The van der Waals surface area contributed by atoms with Crippen molar-refractivity contribution in [1.82, 2.24) is 0 Å². The molecule has 2 atom stereocenters. The highest BCUT2D eigenvalue weighted by Crippen LogP contribution is 2.60. The molecule has 0 amide bonds. The molecular formula is C14H23N. The van der Waals surface area contributed by atoms with E-state index in [1.807, 2.05) is 20.8 Å². The maximum atomic E-state index is 5.94. The Morgan fingerprint density at radius 1 is 1.53 bits per heavy atom. The zero-order chi connectivity index (χ0) is 11.5. The summed E-state index contributed by atoms with van der Waals surface area (Å²) in [6.07, 6.45) is 11.3. The van der Waals surface area contributed by atoms with E-state index in [-0.39, 0.29) is 0 Å². The first-order valence-electron chi connectivity index (χ1n) is 6.05.